The number of nitrogens with zero attached hydrogens (tertiary/aromatic N) is 1. The Morgan fingerprint density at radius 3 is 2.48 bits per heavy atom. The molecule has 0 spiro atoms. The molecular weight excluding hydrogens is 268 g/mol. The highest BCUT2D eigenvalue weighted by Crippen LogP contribution is 2.17. The van der Waals surface area contributed by atoms with Crippen molar-refractivity contribution in [2.45, 2.75) is 45.3 Å². The molecule has 0 aliphatic carbocycles. The van der Waals surface area contributed by atoms with E-state index in [-0.39, 0.29) is 5.54 Å². The topological polar surface area (TPSA) is 54.0 Å². The summed E-state index contributed by atoms with van der Waals surface area (Å²) in [6, 6.07) is 0. The van der Waals surface area contributed by atoms with Crippen molar-refractivity contribution in [3.8, 4) is 0 Å². The van der Waals surface area contributed by atoms with Crippen LogP contribution in [0.3, 0.4) is 0 Å². The van der Waals surface area contributed by atoms with Crippen LogP contribution in [0.25, 0.3) is 0 Å². The highest BCUT2D eigenvalue weighted by atomic mass is 16.5. The fourth-order valence-corrected chi connectivity index (χ4v) is 2.54. The number of piperidine rings is 1. The van der Waals surface area contributed by atoms with Crippen molar-refractivity contribution in [1.29, 1.82) is 0 Å². The van der Waals surface area contributed by atoms with Gasteiger partial charge in [0.15, 0.2) is 0 Å². The van der Waals surface area contributed by atoms with E-state index in [2.05, 4.69) is 31.0 Å². The molecule has 21 heavy (non-hydrogen) atoms. The summed E-state index contributed by atoms with van der Waals surface area (Å²) in [5.74, 6) is 0.760. The Balaban J connectivity index is 2.09. The van der Waals surface area contributed by atoms with E-state index in [1.165, 1.54) is 12.8 Å². The largest absolute Gasteiger partial charge is 0.389 e. The molecule has 0 aromatic rings. The monoisotopic (exact) mass is 302 g/mol. The van der Waals surface area contributed by atoms with E-state index in [9.17, 15) is 5.11 Å². The molecule has 1 aliphatic rings. The maximum atomic E-state index is 9.96. The van der Waals surface area contributed by atoms with Crippen LogP contribution in [-0.4, -0.2) is 74.8 Å². The minimum absolute atomic E-state index is 0.201. The van der Waals surface area contributed by atoms with Crippen molar-refractivity contribution in [2.24, 2.45) is 5.92 Å². The van der Waals surface area contributed by atoms with E-state index in [4.69, 9.17) is 9.47 Å². The first-order valence-corrected chi connectivity index (χ1v) is 8.13. The van der Waals surface area contributed by atoms with Gasteiger partial charge in [0.1, 0.15) is 0 Å². The normalized spacial score (nSPS) is 19.9. The van der Waals surface area contributed by atoms with E-state index in [0.29, 0.717) is 26.4 Å². The Kier molecular flexibility index (Phi) is 8.74. The van der Waals surface area contributed by atoms with Gasteiger partial charge in [-0.05, 0) is 59.2 Å². The van der Waals surface area contributed by atoms with Gasteiger partial charge in [-0.2, -0.15) is 0 Å². The van der Waals surface area contributed by atoms with Crippen molar-refractivity contribution >= 4 is 0 Å². The van der Waals surface area contributed by atoms with Crippen molar-refractivity contribution in [3.63, 3.8) is 0 Å². The lowest BCUT2D eigenvalue weighted by atomic mass is 9.95. The fourth-order valence-electron chi connectivity index (χ4n) is 2.54. The summed E-state index contributed by atoms with van der Waals surface area (Å²) < 4.78 is 10.3. The number of methoxy groups -OCH3 is 1. The van der Waals surface area contributed by atoms with Gasteiger partial charge in [0.2, 0.25) is 0 Å². The van der Waals surface area contributed by atoms with Crippen molar-refractivity contribution in [2.75, 3.05) is 53.1 Å². The predicted octanol–water partition coefficient (Wildman–Crippen LogP) is 1.11. The van der Waals surface area contributed by atoms with Crippen LogP contribution in [0.5, 0.6) is 0 Å². The molecule has 1 aliphatic heterocycles. The zero-order valence-corrected chi connectivity index (χ0v) is 14.2. The van der Waals surface area contributed by atoms with Crippen LogP contribution in [0.2, 0.25) is 0 Å². The van der Waals surface area contributed by atoms with Crippen LogP contribution in [0, 0.1) is 5.92 Å². The highest BCUT2D eigenvalue weighted by Gasteiger charge is 2.22. The van der Waals surface area contributed by atoms with E-state index in [0.717, 1.165) is 25.6 Å². The Hall–Kier alpha value is -0.200. The minimum Gasteiger partial charge on any atom is -0.389 e. The maximum absolute atomic E-state index is 9.96. The van der Waals surface area contributed by atoms with Gasteiger partial charge < -0.3 is 24.8 Å². The van der Waals surface area contributed by atoms with Crippen LogP contribution in [0.15, 0.2) is 0 Å². The second-order valence-corrected chi connectivity index (χ2v) is 7.10. The Bertz CT molecular complexity index is 261. The fraction of sp³-hybridized carbons (Fsp3) is 1.00. The third-order valence-electron chi connectivity index (χ3n) is 3.84. The molecule has 1 atom stereocenters. The zero-order chi connectivity index (χ0) is 15.7. The van der Waals surface area contributed by atoms with E-state index >= 15 is 0 Å². The number of hydrogen-bond donors (Lipinski definition) is 2. The molecule has 5 heteroatoms. The first-order chi connectivity index (χ1) is 9.90. The first-order valence-electron chi connectivity index (χ1n) is 8.13. The molecule has 0 aromatic heterocycles. The molecule has 1 saturated heterocycles. The number of β-amino-alcohol motifs (C(OH)–C–C–N with tert-alkyl or cyclic N) is 1. The summed E-state index contributed by atoms with van der Waals surface area (Å²) in [7, 11) is 1.65. The van der Waals surface area contributed by atoms with Crippen LogP contribution < -0.4 is 5.32 Å². The summed E-state index contributed by atoms with van der Waals surface area (Å²) in [5.41, 5.74) is 0.201. The van der Waals surface area contributed by atoms with Gasteiger partial charge >= 0.3 is 0 Å². The Morgan fingerprint density at radius 1 is 1.24 bits per heavy atom. The molecule has 2 N–H and O–H groups in total. The second kappa shape index (κ2) is 9.74. The molecule has 1 fully saturated rings. The van der Waals surface area contributed by atoms with Crippen molar-refractivity contribution in [3.05, 3.63) is 0 Å². The number of hydrogen-bond acceptors (Lipinski definition) is 5. The molecule has 1 rings (SSSR count). The van der Waals surface area contributed by atoms with Crippen LogP contribution in [0.1, 0.15) is 33.6 Å². The quantitative estimate of drug-likeness (QED) is 0.625. The van der Waals surface area contributed by atoms with Gasteiger partial charge in [0.25, 0.3) is 0 Å². The second-order valence-electron chi connectivity index (χ2n) is 7.10. The smallest absolute Gasteiger partial charge is 0.0900 e. The lowest BCUT2D eigenvalue weighted by Crippen LogP contribution is -2.44. The summed E-state index contributed by atoms with van der Waals surface area (Å²) >= 11 is 0. The molecule has 5 nitrogen and oxygen atoms in total. The van der Waals surface area contributed by atoms with Gasteiger partial charge in [-0.25, -0.2) is 0 Å². The molecule has 1 unspecified atom stereocenters. The SMILES string of the molecule is COCCOCC(O)CN1CCC(CNC(C)(C)C)CC1. The van der Waals surface area contributed by atoms with Crippen molar-refractivity contribution in [1.82, 2.24) is 10.2 Å². The van der Waals surface area contributed by atoms with E-state index in [1.54, 1.807) is 7.11 Å². The molecule has 0 radical (unpaired) electrons. The van der Waals surface area contributed by atoms with Gasteiger partial charge in [0.05, 0.1) is 25.9 Å². The molecule has 0 aromatic carbocycles. The van der Waals surface area contributed by atoms with Crippen molar-refractivity contribution < 1.29 is 14.6 Å². The number of nitrogens with one attached hydrogen (secondary N) is 1. The van der Waals surface area contributed by atoms with Crippen LogP contribution in [0.4, 0.5) is 0 Å². The minimum atomic E-state index is -0.397. The van der Waals surface area contributed by atoms with E-state index < -0.39 is 6.10 Å². The number of rotatable bonds is 9. The molecule has 0 amide bonds. The van der Waals surface area contributed by atoms with E-state index in [1.807, 2.05) is 0 Å². The van der Waals surface area contributed by atoms with Gasteiger partial charge in [-0.1, -0.05) is 0 Å². The summed E-state index contributed by atoms with van der Waals surface area (Å²) in [5, 5.41) is 13.5. The molecule has 0 saturated carbocycles. The predicted molar refractivity (Wildman–Crippen MR) is 85.6 cm³/mol. The first kappa shape index (κ1) is 18.8. The maximum Gasteiger partial charge on any atom is 0.0900 e. The molecule has 126 valence electrons. The standard InChI is InChI=1S/C16H34N2O3/c1-16(2,3)17-11-14-5-7-18(8-6-14)12-15(19)13-21-10-9-20-4/h14-15,17,19H,5-13H2,1-4H3. The van der Waals surface area contributed by atoms with Gasteiger partial charge in [-0.15, -0.1) is 0 Å². The number of ether oxygens (including phenoxy) is 2. The third-order valence-corrected chi connectivity index (χ3v) is 3.84. The number of aliphatic hydroxyl groups is 1. The molecular formula is C16H34N2O3. The summed E-state index contributed by atoms with van der Waals surface area (Å²) in [6.07, 6.45) is 2.02. The zero-order valence-electron chi connectivity index (χ0n) is 14.2. The molecule has 1 heterocycles. The highest BCUT2D eigenvalue weighted by molar-refractivity contribution is 4.78. The van der Waals surface area contributed by atoms with Crippen LogP contribution >= 0.6 is 0 Å². The lowest BCUT2D eigenvalue weighted by molar-refractivity contribution is -0.00466. The third kappa shape index (κ3) is 9.42. The average molecular weight is 302 g/mol. The lowest BCUT2D eigenvalue weighted by Gasteiger charge is -2.34. The summed E-state index contributed by atoms with van der Waals surface area (Å²) in [4.78, 5) is 2.35. The number of aliphatic hydroxyl groups excluding tert-OH is 1. The van der Waals surface area contributed by atoms with Gasteiger partial charge in [0, 0.05) is 19.2 Å². The van der Waals surface area contributed by atoms with Gasteiger partial charge in [-0.3, -0.25) is 0 Å². The molecule has 0 bridgehead atoms. The Labute approximate surface area is 130 Å². The summed E-state index contributed by atoms with van der Waals surface area (Å²) in [6.45, 7) is 12.1. The number of likely N-dealkylation sites (tertiary alicyclic amines) is 1. The average Bonchev–Trinajstić information content (AvgIpc) is 2.42. The Morgan fingerprint density at radius 2 is 1.90 bits per heavy atom. The van der Waals surface area contributed by atoms with Crippen LogP contribution in [-0.2, 0) is 9.47 Å².